The van der Waals surface area contributed by atoms with Gasteiger partial charge in [-0.3, -0.25) is 4.79 Å². The fourth-order valence-corrected chi connectivity index (χ4v) is 2.44. The Morgan fingerprint density at radius 1 is 1.35 bits per heavy atom. The van der Waals surface area contributed by atoms with E-state index < -0.39 is 0 Å². The third-order valence-electron chi connectivity index (χ3n) is 3.49. The molecule has 6 heteroatoms. The lowest BCUT2D eigenvalue weighted by atomic mass is 10.1. The quantitative estimate of drug-likeness (QED) is 0.825. The van der Waals surface area contributed by atoms with Crippen LogP contribution in [0.1, 0.15) is 21.6 Å². The molecule has 0 bridgehead atoms. The number of carbonyl (C=O) groups excluding carboxylic acids is 1. The topological polar surface area (TPSA) is 68.5 Å². The highest BCUT2D eigenvalue weighted by molar-refractivity contribution is 5.93. The highest BCUT2D eigenvalue weighted by Crippen LogP contribution is 2.22. The van der Waals surface area contributed by atoms with Crippen molar-refractivity contribution >= 4 is 5.91 Å². The zero-order chi connectivity index (χ0) is 13.9. The van der Waals surface area contributed by atoms with Crippen LogP contribution in [0.15, 0.2) is 29.3 Å². The SMILES string of the molecule is COc1ncnc2c1CCN(C(=O)c1ccoc1)CC2. The normalized spacial score (nSPS) is 14.6. The summed E-state index contributed by atoms with van der Waals surface area (Å²) < 4.78 is 10.2. The van der Waals surface area contributed by atoms with Crippen molar-refractivity contribution in [3.05, 3.63) is 41.7 Å². The summed E-state index contributed by atoms with van der Waals surface area (Å²) in [5.74, 6) is 0.589. The molecule has 2 aromatic rings. The molecular formula is C14H15N3O3. The molecule has 3 rings (SSSR count). The molecule has 0 saturated carbocycles. The minimum atomic E-state index is -0.0153. The average molecular weight is 273 g/mol. The lowest BCUT2D eigenvalue weighted by molar-refractivity contribution is 0.0762. The van der Waals surface area contributed by atoms with Gasteiger partial charge in [0.2, 0.25) is 5.88 Å². The van der Waals surface area contributed by atoms with E-state index >= 15 is 0 Å². The number of amides is 1. The van der Waals surface area contributed by atoms with Crippen LogP contribution in [0.5, 0.6) is 5.88 Å². The van der Waals surface area contributed by atoms with E-state index in [-0.39, 0.29) is 5.91 Å². The van der Waals surface area contributed by atoms with Crippen LogP contribution in [0, 0.1) is 0 Å². The smallest absolute Gasteiger partial charge is 0.257 e. The number of ether oxygens (including phenoxy) is 1. The van der Waals surface area contributed by atoms with E-state index in [4.69, 9.17) is 9.15 Å². The molecule has 1 aliphatic rings. The van der Waals surface area contributed by atoms with Crippen molar-refractivity contribution in [2.75, 3.05) is 20.2 Å². The molecule has 0 unspecified atom stereocenters. The number of hydrogen-bond donors (Lipinski definition) is 0. The van der Waals surface area contributed by atoms with Crippen LogP contribution in [-0.4, -0.2) is 41.0 Å². The summed E-state index contributed by atoms with van der Waals surface area (Å²) in [6.45, 7) is 1.26. The van der Waals surface area contributed by atoms with E-state index in [1.807, 2.05) is 4.90 Å². The minimum Gasteiger partial charge on any atom is -0.481 e. The van der Waals surface area contributed by atoms with Crippen molar-refractivity contribution in [3.8, 4) is 5.88 Å². The van der Waals surface area contributed by atoms with Crippen molar-refractivity contribution < 1.29 is 13.9 Å². The molecular weight excluding hydrogens is 258 g/mol. The van der Waals surface area contributed by atoms with Gasteiger partial charge in [0.1, 0.15) is 12.6 Å². The van der Waals surface area contributed by atoms with Crippen molar-refractivity contribution in [2.24, 2.45) is 0 Å². The Kier molecular flexibility index (Phi) is 3.37. The molecule has 104 valence electrons. The van der Waals surface area contributed by atoms with Gasteiger partial charge in [-0.2, -0.15) is 0 Å². The van der Waals surface area contributed by atoms with Crippen molar-refractivity contribution in [1.82, 2.24) is 14.9 Å². The van der Waals surface area contributed by atoms with Gasteiger partial charge in [0.05, 0.1) is 24.6 Å². The van der Waals surface area contributed by atoms with Crippen LogP contribution < -0.4 is 4.74 Å². The van der Waals surface area contributed by atoms with E-state index in [1.165, 1.54) is 18.9 Å². The molecule has 0 radical (unpaired) electrons. The summed E-state index contributed by atoms with van der Waals surface area (Å²) in [6, 6.07) is 1.68. The largest absolute Gasteiger partial charge is 0.481 e. The number of rotatable bonds is 2. The number of furan rings is 1. The zero-order valence-electron chi connectivity index (χ0n) is 11.2. The van der Waals surface area contributed by atoms with Crippen LogP contribution >= 0.6 is 0 Å². The van der Waals surface area contributed by atoms with Gasteiger partial charge >= 0.3 is 0 Å². The predicted octanol–water partition coefficient (Wildman–Crippen LogP) is 1.32. The third kappa shape index (κ3) is 2.24. The number of nitrogens with zero attached hydrogens (tertiary/aromatic N) is 3. The second-order valence-electron chi connectivity index (χ2n) is 4.61. The summed E-state index contributed by atoms with van der Waals surface area (Å²) in [6.07, 6.45) is 5.89. The summed E-state index contributed by atoms with van der Waals surface area (Å²) in [5.41, 5.74) is 2.53. The van der Waals surface area contributed by atoms with Crippen LogP contribution in [0.4, 0.5) is 0 Å². The maximum atomic E-state index is 12.3. The van der Waals surface area contributed by atoms with E-state index in [9.17, 15) is 4.79 Å². The first-order valence-corrected chi connectivity index (χ1v) is 6.48. The first-order valence-electron chi connectivity index (χ1n) is 6.48. The standard InChI is InChI=1S/C14H15N3O3/c1-19-13-11-2-5-17(6-3-12(11)15-9-16-13)14(18)10-4-7-20-8-10/h4,7-9H,2-3,5-6H2,1H3. The summed E-state index contributed by atoms with van der Waals surface area (Å²) >= 11 is 0. The number of carbonyl (C=O) groups is 1. The highest BCUT2D eigenvalue weighted by atomic mass is 16.5. The number of aromatic nitrogens is 2. The molecule has 20 heavy (non-hydrogen) atoms. The van der Waals surface area contributed by atoms with E-state index in [1.54, 1.807) is 13.2 Å². The van der Waals surface area contributed by atoms with Gasteiger partial charge in [0.25, 0.3) is 5.91 Å². The Balaban J connectivity index is 1.81. The molecule has 3 heterocycles. The van der Waals surface area contributed by atoms with Crippen molar-refractivity contribution in [2.45, 2.75) is 12.8 Å². The van der Waals surface area contributed by atoms with Crippen LogP contribution in [-0.2, 0) is 12.8 Å². The Bertz CT molecular complexity index is 610. The molecule has 0 fully saturated rings. The van der Waals surface area contributed by atoms with Gasteiger partial charge in [0.15, 0.2) is 0 Å². The molecule has 2 aromatic heterocycles. The number of hydrogen-bond acceptors (Lipinski definition) is 5. The molecule has 0 saturated heterocycles. The van der Waals surface area contributed by atoms with Gasteiger partial charge in [0, 0.05) is 25.1 Å². The lowest BCUT2D eigenvalue weighted by Crippen LogP contribution is -2.33. The average Bonchev–Trinajstić information content (AvgIpc) is 2.92. The molecule has 0 spiro atoms. The zero-order valence-corrected chi connectivity index (χ0v) is 11.2. The molecule has 1 amide bonds. The number of fused-ring (bicyclic) bond motifs is 1. The molecule has 0 aliphatic carbocycles. The Hall–Kier alpha value is -2.37. The van der Waals surface area contributed by atoms with Crippen molar-refractivity contribution in [1.29, 1.82) is 0 Å². The van der Waals surface area contributed by atoms with E-state index in [2.05, 4.69) is 9.97 Å². The van der Waals surface area contributed by atoms with Gasteiger partial charge in [-0.15, -0.1) is 0 Å². The van der Waals surface area contributed by atoms with Crippen LogP contribution in [0.3, 0.4) is 0 Å². The highest BCUT2D eigenvalue weighted by Gasteiger charge is 2.23. The molecule has 0 aromatic carbocycles. The Morgan fingerprint density at radius 2 is 2.20 bits per heavy atom. The predicted molar refractivity (Wildman–Crippen MR) is 70.6 cm³/mol. The lowest BCUT2D eigenvalue weighted by Gasteiger charge is -2.19. The van der Waals surface area contributed by atoms with Gasteiger partial charge in [-0.1, -0.05) is 0 Å². The monoisotopic (exact) mass is 273 g/mol. The molecule has 1 aliphatic heterocycles. The van der Waals surface area contributed by atoms with Crippen LogP contribution in [0.25, 0.3) is 0 Å². The molecule has 0 N–H and O–H groups in total. The molecule has 0 atom stereocenters. The second kappa shape index (κ2) is 5.32. The fourth-order valence-electron chi connectivity index (χ4n) is 2.44. The third-order valence-corrected chi connectivity index (χ3v) is 3.49. The van der Waals surface area contributed by atoms with E-state index in [0.29, 0.717) is 37.4 Å². The molecule has 6 nitrogen and oxygen atoms in total. The van der Waals surface area contributed by atoms with Gasteiger partial charge in [-0.25, -0.2) is 9.97 Å². The van der Waals surface area contributed by atoms with Gasteiger partial charge < -0.3 is 14.1 Å². The summed E-state index contributed by atoms with van der Waals surface area (Å²) in [7, 11) is 1.60. The maximum Gasteiger partial charge on any atom is 0.257 e. The summed E-state index contributed by atoms with van der Waals surface area (Å²) in [4.78, 5) is 22.5. The Labute approximate surface area is 116 Å². The first-order chi connectivity index (χ1) is 9.79. The van der Waals surface area contributed by atoms with Crippen LogP contribution in [0.2, 0.25) is 0 Å². The van der Waals surface area contributed by atoms with Gasteiger partial charge in [-0.05, 0) is 12.5 Å². The van der Waals surface area contributed by atoms with Crippen molar-refractivity contribution in [3.63, 3.8) is 0 Å². The summed E-state index contributed by atoms with van der Waals surface area (Å²) in [5, 5.41) is 0. The number of methoxy groups -OCH3 is 1. The maximum absolute atomic E-state index is 12.3. The minimum absolute atomic E-state index is 0.0153. The fraction of sp³-hybridized carbons (Fsp3) is 0.357. The second-order valence-corrected chi connectivity index (χ2v) is 4.61. The van der Waals surface area contributed by atoms with E-state index in [0.717, 1.165) is 11.3 Å². The Morgan fingerprint density at radius 3 is 2.95 bits per heavy atom. The first kappa shape index (κ1) is 12.7.